The zero-order valence-electron chi connectivity index (χ0n) is 20.5. The summed E-state index contributed by atoms with van der Waals surface area (Å²) in [6.07, 6.45) is 0. The van der Waals surface area contributed by atoms with Gasteiger partial charge in [-0.05, 0) is 163 Å². The number of benzene rings is 4. The molecule has 10 nitrogen and oxygen atoms in total. The summed E-state index contributed by atoms with van der Waals surface area (Å²) in [5.74, 6) is -4.47. The number of hydrogen-bond acceptors (Lipinski definition) is 9. The maximum atomic E-state index is 13.2. The van der Waals surface area contributed by atoms with Crippen molar-refractivity contribution in [1.82, 2.24) is 0 Å². The lowest BCUT2D eigenvalue weighted by Gasteiger charge is -2.14. The van der Waals surface area contributed by atoms with E-state index < -0.39 is 45.3 Å². The van der Waals surface area contributed by atoms with Crippen LogP contribution in [0.3, 0.4) is 0 Å². The third kappa shape index (κ3) is 8.09. The Morgan fingerprint density at radius 1 is 0.595 bits per heavy atom. The molecule has 0 radical (unpaired) electrons. The Morgan fingerprint density at radius 3 is 1.36 bits per heavy atom. The van der Waals surface area contributed by atoms with Gasteiger partial charge in [0.2, 0.25) is 5.75 Å². The summed E-state index contributed by atoms with van der Waals surface area (Å²) in [6.45, 7) is 0. The summed E-state index contributed by atoms with van der Waals surface area (Å²) in [5, 5.41) is 10.9. The van der Waals surface area contributed by atoms with Gasteiger partial charge in [0, 0.05) is 14.3 Å². The minimum atomic E-state index is -4.53. The quantitative estimate of drug-likeness (QED) is 0.0884. The van der Waals surface area contributed by atoms with Crippen molar-refractivity contribution in [2.45, 2.75) is 4.90 Å². The maximum absolute atomic E-state index is 13.2. The number of esters is 3. The Bertz CT molecular complexity index is 1720. The van der Waals surface area contributed by atoms with Crippen molar-refractivity contribution < 1.29 is 46.7 Å². The Balaban J connectivity index is 1.71. The standard InChI is InChI=1S/C27H14I4O10S/c28-16-5-1-13(2-6-16)25(33)40-21-9-15(10-22(23(21)32)41-26(34)14-3-7-17(29)8-4-14)27(35)39-18-11-19(30)24(20(31)12-18)42(36,37)38/h1-12,32H,(H,36,37,38). The number of ether oxygens (including phenoxy) is 3. The van der Waals surface area contributed by atoms with E-state index in [-0.39, 0.29) is 34.5 Å². The zero-order chi connectivity index (χ0) is 30.8. The van der Waals surface area contributed by atoms with E-state index >= 15 is 0 Å². The van der Waals surface area contributed by atoms with Gasteiger partial charge < -0.3 is 19.3 Å². The number of hydrogen-bond donors (Lipinski definition) is 2. The smallest absolute Gasteiger partial charge is 0.343 e. The Kier molecular flexibility index (Phi) is 10.7. The second kappa shape index (κ2) is 13.7. The predicted octanol–water partition coefficient (Wildman–Crippen LogP) is 6.71. The highest BCUT2D eigenvalue weighted by atomic mass is 127. The fourth-order valence-electron chi connectivity index (χ4n) is 3.35. The van der Waals surface area contributed by atoms with Crippen LogP contribution in [0.2, 0.25) is 0 Å². The van der Waals surface area contributed by atoms with Crippen LogP contribution in [0.25, 0.3) is 0 Å². The van der Waals surface area contributed by atoms with E-state index in [9.17, 15) is 32.5 Å². The average molecular weight is 1040 g/mol. The summed E-state index contributed by atoms with van der Waals surface area (Å²) in [7, 11) is -4.53. The van der Waals surface area contributed by atoms with Crippen LogP contribution in [0, 0.1) is 14.3 Å². The first-order valence-electron chi connectivity index (χ1n) is 11.2. The van der Waals surface area contributed by atoms with Crippen molar-refractivity contribution in [2.75, 3.05) is 0 Å². The van der Waals surface area contributed by atoms with Crippen molar-refractivity contribution in [3.05, 3.63) is 104 Å². The first kappa shape index (κ1) is 32.8. The van der Waals surface area contributed by atoms with Crippen molar-refractivity contribution in [1.29, 1.82) is 0 Å². The molecule has 0 fully saturated rings. The van der Waals surface area contributed by atoms with E-state index in [2.05, 4.69) is 45.2 Å². The van der Waals surface area contributed by atoms with E-state index in [1.807, 2.05) is 0 Å². The average Bonchev–Trinajstić information content (AvgIpc) is 2.90. The molecule has 216 valence electrons. The molecule has 2 N–H and O–H groups in total. The van der Waals surface area contributed by atoms with Crippen LogP contribution in [0.15, 0.2) is 77.7 Å². The third-order valence-corrected chi connectivity index (χ3v) is 10.1. The van der Waals surface area contributed by atoms with Gasteiger partial charge in [0.05, 0.1) is 16.7 Å². The molecule has 0 aliphatic heterocycles. The molecule has 0 amide bonds. The van der Waals surface area contributed by atoms with Gasteiger partial charge in [-0.1, -0.05) is 0 Å². The normalized spacial score (nSPS) is 11.1. The Labute approximate surface area is 293 Å². The monoisotopic (exact) mass is 1040 g/mol. The summed E-state index contributed by atoms with van der Waals surface area (Å²) in [4.78, 5) is 38.4. The van der Waals surface area contributed by atoms with Crippen molar-refractivity contribution in [2.24, 2.45) is 0 Å². The summed E-state index contributed by atoms with van der Waals surface area (Å²) in [5.41, 5.74) is 0.0408. The number of carbonyl (C=O) groups excluding carboxylic acids is 3. The van der Waals surface area contributed by atoms with Crippen LogP contribution in [-0.4, -0.2) is 36.0 Å². The topological polar surface area (TPSA) is 154 Å². The zero-order valence-corrected chi connectivity index (χ0v) is 30.0. The number of rotatable bonds is 7. The molecule has 4 aromatic carbocycles. The predicted molar refractivity (Wildman–Crippen MR) is 183 cm³/mol. The van der Waals surface area contributed by atoms with E-state index in [4.69, 9.17) is 14.2 Å². The highest BCUT2D eigenvalue weighted by molar-refractivity contribution is 14.1. The molecular weight excluding hydrogens is 1020 g/mol. The van der Waals surface area contributed by atoms with Crippen LogP contribution in [0.5, 0.6) is 23.0 Å². The molecule has 0 saturated carbocycles. The number of phenolic OH excluding ortho intramolecular Hbond substituents is 1. The molecule has 0 aromatic heterocycles. The number of aromatic hydroxyl groups is 1. The van der Waals surface area contributed by atoms with Gasteiger partial charge in [-0.2, -0.15) is 8.42 Å². The van der Waals surface area contributed by atoms with Crippen LogP contribution in [0.1, 0.15) is 31.1 Å². The lowest BCUT2D eigenvalue weighted by Crippen LogP contribution is -2.14. The van der Waals surface area contributed by atoms with Gasteiger partial charge >= 0.3 is 17.9 Å². The lowest BCUT2D eigenvalue weighted by atomic mass is 10.1. The largest absolute Gasteiger partial charge is 0.502 e. The first-order valence-corrected chi connectivity index (χ1v) is 17.0. The number of phenols is 1. The molecule has 0 atom stereocenters. The van der Waals surface area contributed by atoms with Gasteiger partial charge in [-0.15, -0.1) is 0 Å². The summed E-state index contributed by atoms with van der Waals surface area (Å²) < 4.78 is 50.9. The van der Waals surface area contributed by atoms with Crippen molar-refractivity contribution >= 4 is 118 Å². The van der Waals surface area contributed by atoms with Gasteiger partial charge in [0.1, 0.15) is 10.6 Å². The molecule has 42 heavy (non-hydrogen) atoms. The van der Waals surface area contributed by atoms with Crippen LogP contribution in [0.4, 0.5) is 0 Å². The molecular formula is C27H14I4O10S. The number of halogens is 4. The molecule has 15 heteroatoms. The highest BCUT2D eigenvalue weighted by Gasteiger charge is 2.24. The van der Waals surface area contributed by atoms with E-state index in [1.54, 1.807) is 69.4 Å². The Morgan fingerprint density at radius 2 is 0.976 bits per heavy atom. The molecule has 0 spiro atoms. The highest BCUT2D eigenvalue weighted by Crippen LogP contribution is 2.39. The number of carbonyl (C=O) groups is 3. The SMILES string of the molecule is O=C(Oc1cc(I)c(S(=O)(=O)O)c(I)c1)c1cc(OC(=O)c2ccc(I)cc2)c(O)c(OC(=O)c2ccc(I)cc2)c1. The van der Waals surface area contributed by atoms with Gasteiger partial charge in [-0.3, -0.25) is 4.55 Å². The minimum Gasteiger partial charge on any atom is -0.502 e. The fourth-order valence-corrected chi connectivity index (χ4v) is 8.06. The molecule has 4 aromatic rings. The molecule has 0 saturated heterocycles. The molecule has 0 bridgehead atoms. The minimum absolute atomic E-state index is 0.0656. The van der Waals surface area contributed by atoms with E-state index in [0.29, 0.717) is 0 Å². The van der Waals surface area contributed by atoms with Gasteiger partial charge in [0.15, 0.2) is 11.5 Å². The fraction of sp³-hybridized carbons (Fsp3) is 0. The second-order valence-electron chi connectivity index (χ2n) is 8.19. The molecule has 0 aliphatic rings. The van der Waals surface area contributed by atoms with Crippen LogP contribution in [-0.2, 0) is 10.1 Å². The third-order valence-electron chi connectivity index (χ3n) is 5.28. The summed E-state index contributed by atoms with van der Waals surface area (Å²) in [6, 6.07) is 17.3. The molecule has 0 heterocycles. The van der Waals surface area contributed by atoms with E-state index in [0.717, 1.165) is 19.3 Å². The van der Waals surface area contributed by atoms with Gasteiger partial charge in [0.25, 0.3) is 10.1 Å². The van der Waals surface area contributed by atoms with E-state index in [1.165, 1.54) is 36.4 Å². The molecule has 4 rings (SSSR count). The van der Waals surface area contributed by atoms with Crippen molar-refractivity contribution in [3.8, 4) is 23.0 Å². The van der Waals surface area contributed by atoms with Gasteiger partial charge in [-0.25, -0.2) is 14.4 Å². The van der Waals surface area contributed by atoms with Crippen LogP contribution >= 0.6 is 90.4 Å². The van der Waals surface area contributed by atoms with Crippen molar-refractivity contribution in [3.63, 3.8) is 0 Å². The second-order valence-corrected chi connectivity index (χ2v) is 14.4. The molecule has 0 unspecified atom stereocenters. The molecule has 0 aliphatic carbocycles. The first-order chi connectivity index (χ1) is 19.7. The maximum Gasteiger partial charge on any atom is 0.343 e. The lowest BCUT2D eigenvalue weighted by molar-refractivity contribution is 0.0698. The van der Waals surface area contributed by atoms with Crippen LogP contribution < -0.4 is 14.2 Å². The summed E-state index contributed by atoms with van der Waals surface area (Å²) >= 11 is 7.47. The Hall–Kier alpha value is -2.08.